The number of hydrogen-bond acceptors (Lipinski definition) is 2. The molecule has 1 aliphatic carbocycles. The van der Waals surface area contributed by atoms with Crippen molar-refractivity contribution in [3.8, 4) is 0 Å². The van der Waals surface area contributed by atoms with E-state index in [0.29, 0.717) is 6.54 Å². The Kier molecular flexibility index (Phi) is 5.01. The van der Waals surface area contributed by atoms with Crippen molar-refractivity contribution in [3.63, 3.8) is 0 Å². The van der Waals surface area contributed by atoms with Crippen LogP contribution in [0.2, 0.25) is 0 Å². The number of aliphatic hydroxyl groups excluding tert-OH is 1. The van der Waals surface area contributed by atoms with E-state index in [1.165, 1.54) is 25.7 Å². The van der Waals surface area contributed by atoms with E-state index in [1.807, 2.05) is 24.3 Å². The first-order chi connectivity index (χ1) is 9.63. The van der Waals surface area contributed by atoms with Gasteiger partial charge in [-0.1, -0.05) is 44.0 Å². The fourth-order valence-corrected chi connectivity index (χ4v) is 2.82. The molecule has 20 heavy (non-hydrogen) atoms. The molecule has 4 nitrogen and oxygen atoms in total. The van der Waals surface area contributed by atoms with Gasteiger partial charge in [0.1, 0.15) is 0 Å². The molecule has 3 N–H and O–H groups in total. The molecule has 2 rings (SSSR count). The molecule has 0 radical (unpaired) electrons. The lowest BCUT2D eigenvalue weighted by Crippen LogP contribution is -2.40. The van der Waals surface area contributed by atoms with Crippen molar-refractivity contribution in [2.75, 3.05) is 6.54 Å². The summed E-state index contributed by atoms with van der Waals surface area (Å²) in [6.07, 6.45) is 4.93. The van der Waals surface area contributed by atoms with E-state index in [-0.39, 0.29) is 18.1 Å². The fraction of sp³-hybridized carbons (Fsp3) is 0.562. The molecule has 1 aromatic rings. The number of nitrogens with one attached hydrogen (secondary N) is 2. The Morgan fingerprint density at radius 3 is 2.50 bits per heavy atom. The molecule has 1 fully saturated rings. The summed E-state index contributed by atoms with van der Waals surface area (Å²) >= 11 is 0. The minimum absolute atomic E-state index is 0.00244. The fourth-order valence-electron chi connectivity index (χ4n) is 2.82. The molecule has 110 valence electrons. The third-order valence-corrected chi connectivity index (χ3v) is 4.21. The highest BCUT2D eigenvalue weighted by Crippen LogP contribution is 2.36. The molecule has 1 aromatic carbocycles. The van der Waals surface area contributed by atoms with Crippen LogP contribution < -0.4 is 10.6 Å². The van der Waals surface area contributed by atoms with E-state index in [2.05, 4.69) is 17.6 Å². The van der Waals surface area contributed by atoms with Crippen molar-refractivity contribution < 1.29 is 9.90 Å². The zero-order valence-electron chi connectivity index (χ0n) is 12.1. The van der Waals surface area contributed by atoms with Gasteiger partial charge in [0.2, 0.25) is 0 Å². The minimum Gasteiger partial charge on any atom is -0.392 e. The summed E-state index contributed by atoms with van der Waals surface area (Å²) in [5, 5.41) is 15.1. The Bertz CT molecular complexity index is 454. The SMILES string of the molecule is CC1(CNC(=O)NCc2ccccc2CO)CCCC1. The first kappa shape index (κ1) is 14.9. The predicted octanol–water partition coefficient (Wildman–Crippen LogP) is 2.56. The molecular formula is C16H24N2O2. The van der Waals surface area contributed by atoms with Gasteiger partial charge in [-0.15, -0.1) is 0 Å². The van der Waals surface area contributed by atoms with Crippen molar-refractivity contribution in [2.45, 2.75) is 45.8 Å². The second kappa shape index (κ2) is 6.75. The van der Waals surface area contributed by atoms with Gasteiger partial charge >= 0.3 is 6.03 Å². The summed E-state index contributed by atoms with van der Waals surface area (Å²) in [6, 6.07) is 7.45. The molecule has 4 heteroatoms. The van der Waals surface area contributed by atoms with Crippen LogP contribution in [0.5, 0.6) is 0 Å². The summed E-state index contributed by atoms with van der Waals surface area (Å²) in [7, 11) is 0. The van der Waals surface area contributed by atoms with Crippen LogP contribution in [0.25, 0.3) is 0 Å². The van der Waals surface area contributed by atoms with Gasteiger partial charge in [-0.3, -0.25) is 0 Å². The van der Waals surface area contributed by atoms with Gasteiger partial charge < -0.3 is 15.7 Å². The zero-order valence-corrected chi connectivity index (χ0v) is 12.1. The Morgan fingerprint density at radius 2 is 1.85 bits per heavy atom. The van der Waals surface area contributed by atoms with Crippen LogP contribution in [-0.2, 0) is 13.2 Å². The second-order valence-electron chi connectivity index (χ2n) is 5.98. The average molecular weight is 276 g/mol. The topological polar surface area (TPSA) is 61.4 Å². The van der Waals surface area contributed by atoms with E-state index >= 15 is 0 Å². The summed E-state index contributed by atoms with van der Waals surface area (Å²) in [6.45, 7) is 3.42. The Morgan fingerprint density at radius 1 is 1.20 bits per heavy atom. The maximum atomic E-state index is 11.8. The lowest BCUT2D eigenvalue weighted by atomic mass is 9.89. The average Bonchev–Trinajstić information content (AvgIpc) is 2.90. The third kappa shape index (κ3) is 3.97. The van der Waals surface area contributed by atoms with Crippen molar-refractivity contribution in [3.05, 3.63) is 35.4 Å². The monoisotopic (exact) mass is 276 g/mol. The molecule has 0 bridgehead atoms. The minimum atomic E-state index is -0.133. The van der Waals surface area contributed by atoms with Gasteiger partial charge in [-0.25, -0.2) is 4.79 Å². The number of aliphatic hydroxyl groups is 1. The maximum Gasteiger partial charge on any atom is 0.315 e. The van der Waals surface area contributed by atoms with Crippen LogP contribution in [0.15, 0.2) is 24.3 Å². The number of rotatable bonds is 5. The number of carbonyl (C=O) groups excluding carboxylic acids is 1. The van der Waals surface area contributed by atoms with Gasteiger partial charge in [-0.2, -0.15) is 0 Å². The Labute approximate surface area is 120 Å². The van der Waals surface area contributed by atoms with Crippen molar-refractivity contribution >= 4 is 6.03 Å². The zero-order chi connectivity index (χ0) is 14.4. The molecule has 0 heterocycles. The van der Waals surface area contributed by atoms with Gasteiger partial charge in [0, 0.05) is 13.1 Å². The van der Waals surface area contributed by atoms with E-state index < -0.39 is 0 Å². The van der Waals surface area contributed by atoms with Crippen LogP contribution in [0.3, 0.4) is 0 Å². The van der Waals surface area contributed by atoms with Gasteiger partial charge in [0.25, 0.3) is 0 Å². The lowest BCUT2D eigenvalue weighted by Gasteiger charge is -2.23. The maximum absolute atomic E-state index is 11.8. The summed E-state index contributed by atoms with van der Waals surface area (Å²) in [5.41, 5.74) is 2.08. The molecule has 1 saturated carbocycles. The number of urea groups is 1. The summed E-state index contributed by atoms with van der Waals surface area (Å²) in [4.78, 5) is 11.8. The quantitative estimate of drug-likeness (QED) is 0.774. The molecule has 0 aromatic heterocycles. The van der Waals surface area contributed by atoms with E-state index in [0.717, 1.165) is 17.7 Å². The molecule has 1 aliphatic rings. The Balaban J connectivity index is 1.77. The predicted molar refractivity (Wildman–Crippen MR) is 79.2 cm³/mol. The van der Waals surface area contributed by atoms with Crippen LogP contribution in [-0.4, -0.2) is 17.7 Å². The highest BCUT2D eigenvalue weighted by molar-refractivity contribution is 5.73. The van der Waals surface area contributed by atoms with E-state index in [1.54, 1.807) is 0 Å². The number of hydrogen-bond donors (Lipinski definition) is 3. The van der Waals surface area contributed by atoms with Crippen molar-refractivity contribution in [1.82, 2.24) is 10.6 Å². The normalized spacial score (nSPS) is 16.9. The van der Waals surface area contributed by atoms with Gasteiger partial charge in [-0.05, 0) is 29.4 Å². The first-order valence-electron chi connectivity index (χ1n) is 7.32. The number of carbonyl (C=O) groups is 1. The summed E-state index contributed by atoms with van der Waals surface area (Å²) < 4.78 is 0. The van der Waals surface area contributed by atoms with E-state index in [9.17, 15) is 9.90 Å². The molecular weight excluding hydrogens is 252 g/mol. The van der Waals surface area contributed by atoms with Crippen LogP contribution in [0, 0.1) is 5.41 Å². The molecule has 0 spiro atoms. The summed E-state index contributed by atoms with van der Waals surface area (Å²) in [5.74, 6) is 0. The van der Waals surface area contributed by atoms with Gasteiger partial charge in [0.05, 0.1) is 6.61 Å². The van der Waals surface area contributed by atoms with E-state index in [4.69, 9.17) is 0 Å². The molecule has 2 amide bonds. The largest absolute Gasteiger partial charge is 0.392 e. The molecule has 0 aliphatic heterocycles. The smallest absolute Gasteiger partial charge is 0.315 e. The molecule has 0 atom stereocenters. The number of benzene rings is 1. The van der Waals surface area contributed by atoms with Crippen molar-refractivity contribution in [1.29, 1.82) is 0 Å². The Hall–Kier alpha value is -1.55. The highest BCUT2D eigenvalue weighted by Gasteiger charge is 2.28. The van der Waals surface area contributed by atoms with Crippen LogP contribution in [0.4, 0.5) is 4.79 Å². The van der Waals surface area contributed by atoms with Crippen molar-refractivity contribution in [2.24, 2.45) is 5.41 Å². The van der Waals surface area contributed by atoms with Crippen LogP contribution >= 0.6 is 0 Å². The lowest BCUT2D eigenvalue weighted by molar-refractivity contribution is 0.231. The van der Waals surface area contributed by atoms with Gasteiger partial charge in [0.15, 0.2) is 0 Å². The van der Waals surface area contributed by atoms with Crippen LogP contribution in [0.1, 0.15) is 43.7 Å². The third-order valence-electron chi connectivity index (χ3n) is 4.21. The molecule has 0 unspecified atom stereocenters. The first-order valence-corrected chi connectivity index (χ1v) is 7.32. The standard InChI is InChI=1S/C16H24N2O2/c1-16(8-4-5-9-16)12-18-15(20)17-10-13-6-2-3-7-14(13)11-19/h2-3,6-7,19H,4-5,8-12H2,1H3,(H2,17,18,20). The molecule has 0 saturated heterocycles. The number of amides is 2. The second-order valence-corrected chi connectivity index (χ2v) is 5.98. The highest BCUT2D eigenvalue weighted by atomic mass is 16.3.